The third-order valence-corrected chi connectivity index (χ3v) is 2.49. The molecule has 0 aliphatic rings. The Morgan fingerprint density at radius 3 is 3.08 bits per heavy atom. The number of nitrogens with two attached hydrogens (primary N) is 1. The Morgan fingerprint density at radius 1 is 1.67 bits per heavy atom. The van der Waals surface area contributed by atoms with Gasteiger partial charge in [-0.05, 0) is 18.6 Å². The Balaban J connectivity index is 2.78. The van der Waals surface area contributed by atoms with Crippen molar-refractivity contribution in [3.63, 3.8) is 0 Å². The second-order valence-electron chi connectivity index (χ2n) is 2.42. The van der Waals surface area contributed by atoms with Gasteiger partial charge in [-0.2, -0.15) is 0 Å². The van der Waals surface area contributed by atoms with Crippen LogP contribution in [0.25, 0.3) is 0 Å². The standard InChI is InChI=1S/C8H12N2OS/c1-6-2-3-10-8(7(6)9)12-5-4-11/h2-3,11H,4-5,9H2,1H3. The lowest BCUT2D eigenvalue weighted by molar-refractivity contribution is 0.322. The fourth-order valence-electron chi connectivity index (χ4n) is 0.802. The molecule has 0 unspecified atom stereocenters. The summed E-state index contributed by atoms with van der Waals surface area (Å²) < 4.78 is 0. The highest BCUT2D eigenvalue weighted by atomic mass is 32.2. The summed E-state index contributed by atoms with van der Waals surface area (Å²) in [5, 5.41) is 9.41. The summed E-state index contributed by atoms with van der Waals surface area (Å²) in [6.45, 7) is 2.10. The van der Waals surface area contributed by atoms with E-state index in [2.05, 4.69) is 4.98 Å². The predicted molar refractivity (Wildman–Crippen MR) is 51.2 cm³/mol. The van der Waals surface area contributed by atoms with Crippen molar-refractivity contribution < 1.29 is 5.11 Å². The van der Waals surface area contributed by atoms with Gasteiger partial charge >= 0.3 is 0 Å². The highest BCUT2D eigenvalue weighted by Crippen LogP contribution is 2.23. The van der Waals surface area contributed by atoms with Crippen LogP contribution in [0, 0.1) is 6.92 Å². The summed E-state index contributed by atoms with van der Waals surface area (Å²) in [5.41, 5.74) is 7.51. The van der Waals surface area contributed by atoms with E-state index in [1.807, 2.05) is 13.0 Å². The Bertz CT molecular complexity index is 265. The molecule has 0 bridgehead atoms. The average molecular weight is 184 g/mol. The lowest BCUT2D eigenvalue weighted by atomic mass is 10.3. The third-order valence-electron chi connectivity index (χ3n) is 1.50. The van der Waals surface area contributed by atoms with Crippen molar-refractivity contribution >= 4 is 17.4 Å². The molecule has 0 aliphatic carbocycles. The average Bonchev–Trinajstić information content (AvgIpc) is 2.08. The van der Waals surface area contributed by atoms with Gasteiger partial charge in [0.25, 0.3) is 0 Å². The summed E-state index contributed by atoms with van der Waals surface area (Å²) >= 11 is 1.48. The maximum Gasteiger partial charge on any atom is 0.119 e. The Labute approximate surface area is 76.0 Å². The van der Waals surface area contributed by atoms with Gasteiger partial charge in [0, 0.05) is 11.9 Å². The van der Waals surface area contributed by atoms with E-state index in [1.165, 1.54) is 11.8 Å². The predicted octanol–water partition coefficient (Wildman–Crippen LogP) is 1.06. The largest absolute Gasteiger partial charge is 0.396 e. The number of pyridine rings is 1. The number of hydrogen-bond acceptors (Lipinski definition) is 4. The van der Waals surface area contributed by atoms with E-state index in [0.29, 0.717) is 5.75 Å². The topological polar surface area (TPSA) is 59.1 Å². The zero-order valence-electron chi connectivity index (χ0n) is 6.95. The molecule has 0 atom stereocenters. The molecular weight excluding hydrogens is 172 g/mol. The van der Waals surface area contributed by atoms with Crippen molar-refractivity contribution in [2.45, 2.75) is 11.9 Å². The summed E-state index contributed by atoms with van der Waals surface area (Å²) in [6, 6.07) is 1.87. The van der Waals surface area contributed by atoms with Gasteiger partial charge in [-0.15, -0.1) is 11.8 Å². The van der Waals surface area contributed by atoms with Gasteiger partial charge in [-0.1, -0.05) is 0 Å². The number of nitrogens with zero attached hydrogens (tertiary/aromatic N) is 1. The van der Waals surface area contributed by atoms with Crippen molar-refractivity contribution in [1.29, 1.82) is 0 Å². The van der Waals surface area contributed by atoms with Crippen LogP contribution in [0.4, 0.5) is 5.69 Å². The molecule has 3 N–H and O–H groups in total. The minimum absolute atomic E-state index is 0.153. The monoisotopic (exact) mass is 184 g/mol. The van der Waals surface area contributed by atoms with Crippen LogP contribution < -0.4 is 5.73 Å². The number of hydrogen-bond donors (Lipinski definition) is 2. The molecule has 0 aromatic carbocycles. The van der Waals surface area contributed by atoms with E-state index >= 15 is 0 Å². The van der Waals surface area contributed by atoms with Crippen LogP contribution in [0.3, 0.4) is 0 Å². The van der Waals surface area contributed by atoms with Crippen LogP contribution in [0.5, 0.6) is 0 Å². The number of thioether (sulfide) groups is 1. The van der Waals surface area contributed by atoms with Crippen molar-refractivity contribution in [2.75, 3.05) is 18.1 Å². The van der Waals surface area contributed by atoms with E-state index < -0.39 is 0 Å². The Morgan fingerprint density at radius 2 is 2.42 bits per heavy atom. The molecule has 12 heavy (non-hydrogen) atoms. The highest BCUT2D eigenvalue weighted by Gasteiger charge is 2.02. The lowest BCUT2D eigenvalue weighted by Crippen LogP contribution is -1.96. The fraction of sp³-hybridized carbons (Fsp3) is 0.375. The number of anilines is 1. The zero-order valence-corrected chi connectivity index (χ0v) is 7.77. The molecule has 0 fully saturated rings. The molecule has 4 heteroatoms. The fourth-order valence-corrected chi connectivity index (χ4v) is 1.54. The van der Waals surface area contributed by atoms with Crippen molar-refractivity contribution in [3.8, 4) is 0 Å². The van der Waals surface area contributed by atoms with Gasteiger partial charge in [0.05, 0.1) is 12.3 Å². The Hall–Kier alpha value is -0.740. The number of nitrogen functional groups attached to an aromatic ring is 1. The zero-order chi connectivity index (χ0) is 8.97. The van der Waals surface area contributed by atoms with Crippen molar-refractivity contribution in [2.24, 2.45) is 0 Å². The second kappa shape index (κ2) is 4.33. The minimum Gasteiger partial charge on any atom is -0.396 e. The number of aryl methyl sites for hydroxylation is 1. The first-order valence-electron chi connectivity index (χ1n) is 3.70. The third kappa shape index (κ3) is 2.12. The molecule has 1 aromatic rings. The number of rotatable bonds is 3. The van der Waals surface area contributed by atoms with E-state index in [4.69, 9.17) is 10.8 Å². The number of aromatic nitrogens is 1. The molecule has 0 spiro atoms. The van der Waals surface area contributed by atoms with Gasteiger partial charge in [-0.25, -0.2) is 4.98 Å². The second-order valence-corrected chi connectivity index (χ2v) is 3.50. The van der Waals surface area contributed by atoms with E-state index in [1.54, 1.807) is 6.20 Å². The van der Waals surface area contributed by atoms with Crippen LogP contribution in [-0.2, 0) is 0 Å². The van der Waals surface area contributed by atoms with Gasteiger partial charge in [0.1, 0.15) is 5.03 Å². The van der Waals surface area contributed by atoms with Gasteiger partial charge < -0.3 is 10.8 Å². The molecule has 1 aromatic heterocycles. The molecule has 66 valence electrons. The first-order chi connectivity index (χ1) is 5.75. The summed E-state index contributed by atoms with van der Waals surface area (Å²) in [5.74, 6) is 0.640. The minimum atomic E-state index is 0.153. The molecule has 0 saturated carbocycles. The first-order valence-corrected chi connectivity index (χ1v) is 4.69. The Kier molecular flexibility index (Phi) is 3.37. The van der Waals surface area contributed by atoms with Gasteiger partial charge in [-0.3, -0.25) is 0 Å². The van der Waals surface area contributed by atoms with Crippen LogP contribution >= 0.6 is 11.8 Å². The summed E-state index contributed by atoms with van der Waals surface area (Å²) in [6.07, 6.45) is 1.73. The van der Waals surface area contributed by atoms with E-state index in [-0.39, 0.29) is 6.61 Å². The summed E-state index contributed by atoms with van der Waals surface area (Å²) in [4.78, 5) is 4.10. The van der Waals surface area contributed by atoms with Crippen LogP contribution in [-0.4, -0.2) is 22.5 Å². The first kappa shape index (κ1) is 9.35. The van der Waals surface area contributed by atoms with Crippen LogP contribution in [0.1, 0.15) is 5.56 Å². The maximum atomic E-state index is 8.60. The summed E-state index contributed by atoms with van der Waals surface area (Å²) in [7, 11) is 0. The smallest absolute Gasteiger partial charge is 0.119 e. The number of aliphatic hydroxyl groups is 1. The molecular formula is C8H12N2OS. The molecule has 3 nitrogen and oxygen atoms in total. The van der Waals surface area contributed by atoms with E-state index in [0.717, 1.165) is 16.3 Å². The quantitative estimate of drug-likeness (QED) is 0.689. The van der Waals surface area contributed by atoms with Crippen LogP contribution in [0.2, 0.25) is 0 Å². The molecule has 0 saturated heterocycles. The van der Waals surface area contributed by atoms with Crippen LogP contribution in [0.15, 0.2) is 17.3 Å². The molecule has 1 heterocycles. The lowest BCUT2D eigenvalue weighted by Gasteiger charge is -2.04. The van der Waals surface area contributed by atoms with Crippen molar-refractivity contribution in [3.05, 3.63) is 17.8 Å². The molecule has 0 aliphatic heterocycles. The number of aliphatic hydroxyl groups excluding tert-OH is 1. The van der Waals surface area contributed by atoms with Gasteiger partial charge in [0.2, 0.25) is 0 Å². The normalized spacial score (nSPS) is 10.2. The SMILES string of the molecule is Cc1ccnc(SCCO)c1N. The van der Waals surface area contributed by atoms with Gasteiger partial charge in [0.15, 0.2) is 0 Å². The molecule has 1 rings (SSSR count). The molecule has 0 radical (unpaired) electrons. The van der Waals surface area contributed by atoms with E-state index in [9.17, 15) is 0 Å². The maximum absolute atomic E-state index is 8.60. The molecule has 0 amide bonds. The highest BCUT2D eigenvalue weighted by molar-refractivity contribution is 7.99. The van der Waals surface area contributed by atoms with Crippen molar-refractivity contribution in [1.82, 2.24) is 4.98 Å².